The summed E-state index contributed by atoms with van der Waals surface area (Å²) < 4.78 is 6.73. The smallest absolute Gasteiger partial charge is 0.209 e. The van der Waals surface area contributed by atoms with Gasteiger partial charge in [-0.2, -0.15) is 0 Å². The number of hydrogen-bond donors (Lipinski definition) is 0. The van der Waals surface area contributed by atoms with Crippen molar-refractivity contribution in [3.8, 4) is 5.75 Å². The highest BCUT2D eigenvalue weighted by Gasteiger charge is 2.14. The molecule has 18 heavy (non-hydrogen) atoms. The number of carbonyl (C=O) groups is 2. The van der Waals surface area contributed by atoms with Crippen molar-refractivity contribution < 1.29 is 14.3 Å². The van der Waals surface area contributed by atoms with E-state index in [9.17, 15) is 9.59 Å². The van der Waals surface area contributed by atoms with Gasteiger partial charge in [-0.3, -0.25) is 9.59 Å². The predicted molar refractivity (Wildman–Crippen MR) is 67.2 cm³/mol. The van der Waals surface area contributed by atoms with Crippen LogP contribution in [0.25, 0.3) is 0 Å². The molecule has 4 nitrogen and oxygen atoms in total. The van der Waals surface area contributed by atoms with E-state index in [0.717, 1.165) is 6.29 Å². The van der Waals surface area contributed by atoms with Gasteiger partial charge in [-0.25, -0.2) is 0 Å². The third kappa shape index (κ3) is 2.18. The first-order valence-electron chi connectivity index (χ1n) is 5.46. The van der Waals surface area contributed by atoms with Crippen molar-refractivity contribution in [2.45, 2.75) is 0 Å². The highest BCUT2D eigenvalue weighted by atomic mass is 16.5. The van der Waals surface area contributed by atoms with E-state index in [-0.39, 0.29) is 5.78 Å². The zero-order chi connectivity index (χ0) is 13.1. The van der Waals surface area contributed by atoms with Crippen LogP contribution in [0.3, 0.4) is 0 Å². The van der Waals surface area contributed by atoms with Gasteiger partial charge in [-0.05, 0) is 18.2 Å². The summed E-state index contributed by atoms with van der Waals surface area (Å²) >= 11 is 0. The molecule has 0 amide bonds. The fourth-order valence-electron chi connectivity index (χ4n) is 1.79. The van der Waals surface area contributed by atoms with Gasteiger partial charge in [0.25, 0.3) is 0 Å². The minimum atomic E-state index is -0.135. The molecular weight excluding hydrogens is 230 g/mol. The molecule has 2 rings (SSSR count). The van der Waals surface area contributed by atoms with Crippen LogP contribution in [0.1, 0.15) is 26.4 Å². The Morgan fingerprint density at radius 3 is 2.72 bits per heavy atom. The standard InChI is InChI=1S/C14H13NO3/c1-15-8-10(9-16)6-13(15)14(17)11-4-3-5-12(7-11)18-2/h3-9H,1-2H3. The van der Waals surface area contributed by atoms with Crippen LogP contribution in [0.4, 0.5) is 0 Å². The molecule has 0 N–H and O–H groups in total. The summed E-state index contributed by atoms with van der Waals surface area (Å²) in [5, 5.41) is 0. The Morgan fingerprint density at radius 1 is 1.33 bits per heavy atom. The molecule has 0 atom stereocenters. The lowest BCUT2D eigenvalue weighted by atomic mass is 10.1. The molecule has 0 fully saturated rings. The van der Waals surface area contributed by atoms with Crippen LogP contribution in [-0.2, 0) is 7.05 Å². The lowest BCUT2D eigenvalue weighted by Gasteiger charge is -2.04. The molecule has 0 saturated heterocycles. The summed E-state index contributed by atoms with van der Waals surface area (Å²) in [6.45, 7) is 0. The minimum Gasteiger partial charge on any atom is -0.497 e. The first-order valence-corrected chi connectivity index (χ1v) is 5.46. The Balaban J connectivity index is 2.40. The van der Waals surface area contributed by atoms with Gasteiger partial charge in [0, 0.05) is 24.4 Å². The van der Waals surface area contributed by atoms with Crippen molar-refractivity contribution in [2.24, 2.45) is 7.05 Å². The monoisotopic (exact) mass is 243 g/mol. The molecule has 2 aromatic rings. The van der Waals surface area contributed by atoms with Crippen LogP contribution in [0.5, 0.6) is 5.75 Å². The number of benzene rings is 1. The minimum absolute atomic E-state index is 0.135. The number of ketones is 1. The van der Waals surface area contributed by atoms with E-state index >= 15 is 0 Å². The van der Waals surface area contributed by atoms with Crippen molar-refractivity contribution in [3.63, 3.8) is 0 Å². The third-order valence-electron chi connectivity index (χ3n) is 2.73. The van der Waals surface area contributed by atoms with Crippen LogP contribution >= 0.6 is 0 Å². The average Bonchev–Trinajstić information content (AvgIpc) is 2.79. The number of methoxy groups -OCH3 is 1. The molecule has 92 valence electrons. The first-order chi connectivity index (χ1) is 8.65. The average molecular weight is 243 g/mol. The van der Waals surface area contributed by atoms with Gasteiger partial charge in [0.15, 0.2) is 6.29 Å². The molecule has 1 heterocycles. The Labute approximate surface area is 105 Å². The molecule has 0 aliphatic carbocycles. The second-order valence-electron chi connectivity index (χ2n) is 3.95. The van der Waals surface area contributed by atoms with Gasteiger partial charge in [0.05, 0.1) is 12.8 Å². The first kappa shape index (κ1) is 12.1. The van der Waals surface area contributed by atoms with Crippen LogP contribution in [0.2, 0.25) is 0 Å². The maximum atomic E-state index is 12.3. The van der Waals surface area contributed by atoms with E-state index in [0.29, 0.717) is 22.6 Å². The largest absolute Gasteiger partial charge is 0.497 e. The number of aryl methyl sites for hydroxylation is 1. The van der Waals surface area contributed by atoms with Crippen LogP contribution in [0, 0.1) is 0 Å². The van der Waals surface area contributed by atoms with Gasteiger partial charge in [0.2, 0.25) is 5.78 Å². The van der Waals surface area contributed by atoms with E-state index in [1.54, 1.807) is 55.3 Å². The Hall–Kier alpha value is -2.36. The predicted octanol–water partition coefficient (Wildman–Crippen LogP) is 2.08. The molecule has 0 aliphatic rings. The number of ether oxygens (including phenoxy) is 1. The zero-order valence-electron chi connectivity index (χ0n) is 10.2. The number of carbonyl (C=O) groups excluding carboxylic acids is 2. The van der Waals surface area contributed by atoms with E-state index in [2.05, 4.69) is 0 Å². The zero-order valence-corrected chi connectivity index (χ0v) is 10.2. The number of nitrogens with zero attached hydrogens (tertiary/aromatic N) is 1. The van der Waals surface area contributed by atoms with Gasteiger partial charge >= 0.3 is 0 Å². The number of hydrogen-bond acceptors (Lipinski definition) is 3. The van der Waals surface area contributed by atoms with Crippen molar-refractivity contribution >= 4 is 12.1 Å². The van der Waals surface area contributed by atoms with Gasteiger partial charge < -0.3 is 9.30 Å². The summed E-state index contributed by atoms with van der Waals surface area (Å²) in [6, 6.07) is 8.51. The van der Waals surface area contributed by atoms with E-state index in [1.807, 2.05) is 0 Å². The highest BCUT2D eigenvalue weighted by Crippen LogP contribution is 2.17. The second kappa shape index (κ2) is 4.87. The fraction of sp³-hybridized carbons (Fsp3) is 0.143. The molecule has 4 heteroatoms. The third-order valence-corrected chi connectivity index (χ3v) is 2.73. The molecular formula is C14H13NO3. The van der Waals surface area contributed by atoms with Crippen LogP contribution < -0.4 is 4.74 Å². The van der Waals surface area contributed by atoms with Crippen molar-refractivity contribution in [3.05, 3.63) is 53.3 Å². The molecule has 0 bridgehead atoms. The van der Waals surface area contributed by atoms with Crippen LogP contribution in [0.15, 0.2) is 36.5 Å². The summed E-state index contributed by atoms with van der Waals surface area (Å²) in [7, 11) is 3.29. The molecule has 1 aromatic carbocycles. The second-order valence-corrected chi connectivity index (χ2v) is 3.95. The van der Waals surface area contributed by atoms with Crippen molar-refractivity contribution in [1.29, 1.82) is 0 Å². The van der Waals surface area contributed by atoms with Crippen molar-refractivity contribution in [1.82, 2.24) is 4.57 Å². The lowest BCUT2D eigenvalue weighted by Crippen LogP contribution is -2.06. The summed E-state index contributed by atoms with van der Waals surface area (Å²) in [4.78, 5) is 23.0. The quantitative estimate of drug-likeness (QED) is 0.610. The van der Waals surface area contributed by atoms with Gasteiger partial charge in [-0.1, -0.05) is 12.1 Å². The normalized spacial score (nSPS) is 10.1. The van der Waals surface area contributed by atoms with Gasteiger partial charge in [0.1, 0.15) is 5.75 Å². The van der Waals surface area contributed by atoms with E-state index in [1.165, 1.54) is 0 Å². The summed E-state index contributed by atoms with van der Waals surface area (Å²) in [6.07, 6.45) is 2.35. The highest BCUT2D eigenvalue weighted by molar-refractivity contribution is 6.08. The van der Waals surface area contributed by atoms with Crippen LogP contribution in [-0.4, -0.2) is 23.7 Å². The van der Waals surface area contributed by atoms with E-state index in [4.69, 9.17) is 4.74 Å². The number of aromatic nitrogens is 1. The lowest BCUT2D eigenvalue weighted by molar-refractivity contribution is 0.103. The maximum absolute atomic E-state index is 12.3. The summed E-state index contributed by atoms with van der Waals surface area (Å²) in [5.74, 6) is 0.496. The number of aldehydes is 1. The summed E-state index contributed by atoms with van der Waals surface area (Å²) in [5.41, 5.74) is 1.50. The van der Waals surface area contributed by atoms with Crippen molar-refractivity contribution in [2.75, 3.05) is 7.11 Å². The topological polar surface area (TPSA) is 48.3 Å². The van der Waals surface area contributed by atoms with Gasteiger partial charge in [-0.15, -0.1) is 0 Å². The fourth-order valence-corrected chi connectivity index (χ4v) is 1.79. The Kier molecular flexibility index (Phi) is 3.28. The molecule has 0 radical (unpaired) electrons. The Bertz CT molecular complexity index is 599. The molecule has 0 spiro atoms. The molecule has 0 aliphatic heterocycles. The SMILES string of the molecule is COc1cccc(C(=O)c2cc(C=O)cn2C)c1. The maximum Gasteiger partial charge on any atom is 0.209 e. The Morgan fingerprint density at radius 2 is 2.11 bits per heavy atom. The number of rotatable bonds is 4. The molecule has 0 saturated carbocycles. The molecule has 1 aromatic heterocycles. The molecule has 0 unspecified atom stereocenters. The van der Waals surface area contributed by atoms with E-state index < -0.39 is 0 Å².